The minimum absolute atomic E-state index is 0.0711. The van der Waals surface area contributed by atoms with Gasteiger partial charge in [0.1, 0.15) is 17.4 Å². The van der Waals surface area contributed by atoms with Crippen molar-refractivity contribution in [2.45, 2.75) is 39.3 Å². The van der Waals surface area contributed by atoms with Crippen molar-refractivity contribution in [1.29, 1.82) is 0 Å². The molecular formula is C36H32N7O+. The molecule has 0 spiro atoms. The van der Waals surface area contributed by atoms with Crippen LogP contribution in [0.25, 0.3) is 38.5 Å². The number of ether oxygens (including phenoxy) is 1. The molecule has 0 aliphatic carbocycles. The second kappa shape index (κ2) is 8.89. The fraction of sp³-hybridized carbons (Fsp3) is 0.222. The lowest BCUT2D eigenvalue weighted by Crippen LogP contribution is -2.36. The lowest BCUT2D eigenvalue weighted by molar-refractivity contribution is -0.617. The molecule has 0 saturated heterocycles. The van der Waals surface area contributed by atoms with Crippen LogP contribution >= 0.6 is 0 Å². The van der Waals surface area contributed by atoms with Crippen LogP contribution in [0.3, 0.4) is 0 Å². The van der Waals surface area contributed by atoms with Crippen molar-refractivity contribution < 1.29 is 9.30 Å². The zero-order valence-corrected chi connectivity index (χ0v) is 25.4. The molecule has 9 rings (SSSR count). The van der Waals surface area contributed by atoms with Crippen molar-refractivity contribution in [3.8, 4) is 11.5 Å². The Labute approximate surface area is 254 Å². The highest BCUT2D eigenvalue weighted by atomic mass is 16.5. The summed E-state index contributed by atoms with van der Waals surface area (Å²) in [6.45, 7) is 6.72. The molecule has 7 heterocycles. The second-order valence-electron chi connectivity index (χ2n) is 12.3. The first-order valence-electron chi connectivity index (χ1n) is 15.2. The number of nitrogens with zero attached hydrogens (tertiary/aromatic N) is 7. The average Bonchev–Trinajstić information content (AvgIpc) is 3.49. The van der Waals surface area contributed by atoms with E-state index in [2.05, 4.69) is 107 Å². The van der Waals surface area contributed by atoms with E-state index in [0.717, 1.165) is 56.4 Å². The van der Waals surface area contributed by atoms with Gasteiger partial charge in [-0.15, -0.1) is 0 Å². The number of aromatic nitrogens is 5. The molecule has 1 unspecified atom stereocenters. The monoisotopic (exact) mass is 578 g/mol. The number of pyridine rings is 4. The summed E-state index contributed by atoms with van der Waals surface area (Å²) in [4.78, 5) is 19.0. The fourth-order valence-corrected chi connectivity index (χ4v) is 7.50. The number of imidazole rings is 1. The molecule has 2 aliphatic heterocycles. The van der Waals surface area contributed by atoms with E-state index >= 15 is 0 Å². The Bertz CT molecular complexity index is 2340. The molecular weight excluding hydrogens is 546 g/mol. The van der Waals surface area contributed by atoms with Crippen LogP contribution in [-0.2, 0) is 13.5 Å². The van der Waals surface area contributed by atoms with E-state index in [1.54, 1.807) is 0 Å². The topological polar surface area (TPSA) is 62.7 Å². The molecule has 0 saturated carbocycles. The molecule has 5 aromatic heterocycles. The minimum atomic E-state index is 0.0711. The van der Waals surface area contributed by atoms with Crippen molar-refractivity contribution in [3.05, 3.63) is 96.1 Å². The third-order valence-electron chi connectivity index (χ3n) is 9.68. The summed E-state index contributed by atoms with van der Waals surface area (Å²) in [7, 11) is 4.25. The van der Waals surface area contributed by atoms with Crippen LogP contribution in [-0.4, -0.2) is 32.6 Å². The maximum Gasteiger partial charge on any atom is 0.297 e. The van der Waals surface area contributed by atoms with E-state index in [9.17, 15) is 0 Å². The number of aryl methyl sites for hydroxylation is 1. The minimum Gasteiger partial charge on any atom is -0.453 e. The first kappa shape index (κ1) is 25.3. The van der Waals surface area contributed by atoms with Crippen LogP contribution in [0.2, 0.25) is 0 Å². The van der Waals surface area contributed by atoms with Crippen LogP contribution in [0.1, 0.15) is 43.4 Å². The number of hydrogen-bond acceptors (Lipinski definition) is 6. The molecule has 2 aromatic carbocycles. The van der Waals surface area contributed by atoms with E-state index in [4.69, 9.17) is 14.7 Å². The van der Waals surface area contributed by atoms with E-state index in [0.29, 0.717) is 12.3 Å². The maximum absolute atomic E-state index is 6.69. The average molecular weight is 579 g/mol. The second-order valence-corrected chi connectivity index (χ2v) is 12.3. The first-order chi connectivity index (χ1) is 21.4. The Hall–Kier alpha value is -5.24. The van der Waals surface area contributed by atoms with E-state index in [1.807, 2.05) is 30.9 Å². The third-order valence-corrected chi connectivity index (χ3v) is 9.68. The van der Waals surface area contributed by atoms with Crippen LogP contribution in [0.5, 0.6) is 11.5 Å². The zero-order valence-electron chi connectivity index (χ0n) is 25.4. The highest BCUT2D eigenvalue weighted by molar-refractivity contribution is 6.14. The summed E-state index contributed by atoms with van der Waals surface area (Å²) in [6, 6.07) is 19.4. The summed E-state index contributed by atoms with van der Waals surface area (Å²) in [5.41, 5.74) is 11.3. The van der Waals surface area contributed by atoms with Crippen molar-refractivity contribution in [1.82, 2.24) is 19.4 Å². The predicted molar refractivity (Wildman–Crippen MR) is 174 cm³/mol. The summed E-state index contributed by atoms with van der Waals surface area (Å²) >= 11 is 0. The van der Waals surface area contributed by atoms with Crippen LogP contribution in [0, 0.1) is 0 Å². The predicted octanol–water partition coefficient (Wildman–Crippen LogP) is 7.16. The fourth-order valence-electron chi connectivity index (χ4n) is 7.50. The molecule has 2 aliphatic rings. The van der Waals surface area contributed by atoms with Gasteiger partial charge in [0.05, 0.1) is 53.3 Å². The molecule has 1 atom stereocenters. The van der Waals surface area contributed by atoms with Crippen LogP contribution in [0.15, 0.2) is 79.4 Å². The normalized spacial score (nSPS) is 15.8. The lowest BCUT2D eigenvalue weighted by atomic mass is 9.92. The van der Waals surface area contributed by atoms with Gasteiger partial charge in [0, 0.05) is 30.8 Å². The van der Waals surface area contributed by atoms with Crippen LogP contribution < -0.4 is 19.1 Å². The van der Waals surface area contributed by atoms with Gasteiger partial charge in [-0.05, 0) is 48.7 Å². The first-order valence-corrected chi connectivity index (χ1v) is 15.2. The van der Waals surface area contributed by atoms with Crippen molar-refractivity contribution in [3.63, 3.8) is 0 Å². The number of para-hydroxylation sites is 2. The highest BCUT2D eigenvalue weighted by Gasteiger charge is 2.37. The number of hydrogen-bond donors (Lipinski definition) is 0. The smallest absolute Gasteiger partial charge is 0.297 e. The SMILES string of the molecule is CC(C)c1cccc2c1c1ncc3c(c1c1n2c2ccccc2[n+]1C)Cc1c(cncc1N1c2cccnc2N(C)C1C)O3. The molecule has 8 nitrogen and oxygen atoms in total. The van der Waals surface area contributed by atoms with Crippen molar-refractivity contribution >= 4 is 55.7 Å². The van der Waals surface area contributed by atoms with Crippen molar-refractivity contribution in [2.75, 3.05) is 16.8 Å². The molecule has 0 radical (unpaired) electrons. The Morgan fingerprint density at radius 2 is 1.68 bits per heavy atom. The number of benzene rings is 2. The standard InChI is InChI=1S/C36H32N7O/c1-20(2)22-10-8-13-27-32(22)34-33(36-41(5)25-11-6-7-12-26(25)43(27)36)24-16-23-29(17-37-18-30(23)44-31(24)19-39-34)42-21(3)40(4)35-28(42)14-9-15-38-35/h6-15,17-21H,16H2,1-5H3/q+1. The van der Waals surface area contributed by atoms with Gasteiger partial charge in [-0.1, -0.05) is 38.1 Å². The maximum atomic E-state index is 6.69. The number of fused-ring (bicyclic) bond motifs is 12. The summed E-state index contributed by atoms with van der Waals surface area (Å²) in [5, 5.41) is 2.33. The molecule has 0 fully saturated rings. The Morgan fingerprint density at radius 1 is 0.864 bits per heavy atom. The quantitative estimate of drug-likeness (QED) is 0.160. The van der Waals surface area contributed by atoms with Gasteiger partial charge in [0.15, 0.2) is 22.6 Å². The van der Waals surface area contributed by atoms with Gasteiger partial charge in [-0.2, -0.15) is 4.40 Å². The largest absolute Gasteiger partial charge is 0.453 e. The zero-order chi connectivity index (χ0) is 29.9. The van der Waals surface area contributed by atoms with Gasteiger partial charge in [-0.25, -0.2) is 9.55 Å². The van der Waals surface area contributed by atoms with E-state index in [1.165, 1.54) is 27.5 Å². The summed E-state index contributed by atoms with van der Waals surface area (Å²) < 4.78 is 11.4. The molecule has 8 heteroatoms. The van der Waals surface area contributed by atoms with E-state index < -0.39 is 0 Å². The molecule has 7 aromatic rings. The summed E-state index contributed by atoms with van der Waals surface area (Å²) in [5.74, 6) is 2.86. The lowest BCUT2D eigenvalue weighted by Gasteiger charge is -2.31. The van der Waals surface area contributed by atoms with Gasteiger partial charge >= 0.3 is 0 Å². The number of anilines is 3. The van der Waals surface area contributed by atoms with Gasteiger partial charge in [0.2, 0.25) is 0 Å². The molecule has 0 bridgehead atoms. The van der Waals surface area contributed by atoms with E-state index in [-0.39, 0.29) is 6.17 Å². The molecule has 0 N–H and O–H groups in total. The Morgan fingerprint density at radius 3 is 2.55 bits per heavy atom. The van der Waals surface area contributed by atoms with Gasteiger partial charge < -0.3 is 14.5 Å². The molecule has 216 valence electrons. The number of rotatable bonds is 2. The van der Waals surface area contributed by atoms with Gasteiger partial charge in [0.25, 0.3) is 5.65 Å². The van der Waals surface area contributed by atoms with Gasteiger partial charge in [-0.3, -0.25) is 9.97 Å². The third kappa shape index (κ3) is 3.17. The Kier molecular flexibility index (Phi) is 5.11. The van der Waals surface area contributed by atoms with Crippen molar-refractivity contribution in [2.24, 2.45) is 7.05 Å². The molecule has 44 heavy (non-hydrogen) atoms. The van der Waals surface area contributed by atoms with Crippen LogP contribution in [0.4, 0.5) is 17.2 Å². The Balaban J connectivity index is 1.38. The summed E-state index contributed by atoms with van der Waals surface area (Å²) in [6.07, 6.45) is 8.33. The highest BCUT2D eigenvalue weighted by Crippen LogP contribution is 2.49. The molecule has 0 amide bonds.